The van der Waals surface area contributed by atoms with Crippen molar-refractivity contribution in [3.8, 4) is 5.75 Å². The van der Waals surface area contributed by atoms with Crippen LogP contribution in [-0.4, -0.2) is 18.3 Å². The van der Waals surface area contributed by atoms with Crippen molar-refractivity contribution in [3.63, 3.8) is 0 Å². The fourth-order valence-corrected chi connectivity index (χ4v) is 1.41. The predicted molar refractivity (Wildman–Crippen MR) is 56.4 cm³/mol. The molecule has 0 amide bonds. The minimum Gasteiger partial charge on any atom is -0.494 e. The molecule has 78 valence electrons. The van der Waals surface area contributed by atoms with Crippen molar-refractivity contribution in [3.05, 3.63) is 29.3 Å². The Bertz CT molecular complexity index is 299. The Balaban J connectivity index is 2.89. The molecule has 0 aromatic heterocycles. The van der Waals surface area contributed by atoms with Gasteiger partial charge in [-0.1, -0.05) is 6.07 Å². The molecule has 0 saturated carbocycles. The summed E-state index contributed by atoms with van der Waals surface area (Å²) in [5, 5.41) is 9.57. The normalized spacial score (nSPS) is 12.6. The molecular weight excluding hydrogens is 178 g/mol. The minimum atomic E-state index is -0.578. The van der Waals surface area contributed by atoms with Gasteiger partial charge in [-0.15, -0.1) is 0 Å². The molecule has 0 spiro atoms. The largest absolute Gasteiger partial charge is 0.494 e. The van der Waals surface area contributed by atoms with Crippen LogP contribution in [0.4, 0.5) is 0 Å². The molecule has 1 atom stereocenters. The molecule has 0 aliphatic heterocycles. The van der Waals surface area contributed by atoms with Crippen LogP contribution in [0.1, 0.15) is 24.2 Å². The lowest BCUT2D eigenvalue weighted by Crippen LogP contribution is -2.12. The Morgan fingerprint density at radius 3 is 2.71 bits per heavy atom. The van der Waals surface area contributed by atoms with Gasteiger partial charge in [0.15, 0.2) is 0 Å². The van der Waals surface area contributed by atoms with Gasteiger partial charge in [-0.25, -0.2) is 0 Å². The molecule has 0 fully saturated rings. The van der Waals surface area contributed by atoms with E-state index in [1.807, 2.05) is 32.0 Å². The molecule has 1 rings (SSSR count). The van der Waals surface area contributed by atoms with Gasteiger partial charge in [0.1, 0.15) is 5.75 Å². The van der Waals surface area contributed by atoms with Crippen molar-refractivity contribution in [2.75, 3.05) is 13.2 Å². The zero-order valence-electron chi connectivity index (χ0n) is 8.66. The standard InChI is InChI=1S/C11H17NO2/c1-3-14-9-4-5-10(8(2)6-9)11(13)7-12/h4-6,11,13H,3,7,12H2,1-2H3/t11-/m0/s1. The van der Waals surface area contributed by atoms with Crippen molar-refractivity contribution in [1.82, 2.24) is 0 Å². The second kappa shape index (κ2) is 4.98. The van der Waals surface area contributed by atoms with Gasteiger partial charge >= 0.3 is 0 Å². The molecule has 1 aromatic rings. The van der Waals surface area contributed by atoms with Crippen LogP contribution in [0, 0.1) is 6.92 Å². The fraction of sp³-hybridized carbons (Fsp3) is 0.455. The van der Waals surface area contributed by atoms with E-state index in [1.165, 1.54) is 0 Å². The molecule has 0 saturated heterocycles. The second-order valence-electron chi connectivity index (χ2n) is 3.20. The first-order valence-corrected chi connectivity index (χ1v) is 4.80. The highest BCUT2D eigenvalue weighted by molar-refractivity contribution is 5.36. The van der Waals surface area contributed by atoms with Crippen LogP contribution in [0.5, 0.6) is 5.75 Å². The zero-order chi connectivity index (χ0) is 10.6. The van der Waals surface area contributed by atoms with Crippen LogP contribution in [0.3, 0.4) is 0 Å². The summed E-state index contributed by atoms with van der Waals surface area (Å²) in [5.41, 5.74) is 7.27. The number of nitrogens with two attached hydrogens (primary N) is 1. The maximum atomic E-state index is 9.57. The lowest BCUT2D eigenvalue weighted by atomic mass is 10.0. The van der Waals surface area contributed by atoms with Crippen LogP contribution < -0.4 is 10.5 Å². The number of hydrogen-bond acceptors (Lipinski definition) is 3. The smallest absolute Gasteiger partial charge is 0.119 e. The monoisotopic (exact) mass is 195 g/mol. The quantitative estimate of drug-likeness (QED) is 0.763. The number of aliphatic hydroxyl groups is 1. The highest BCUT2D eigenvalue weighted by Crippen LogP contribution is 2.21. The molecule has 14 heavy (non-hydrogen) atoms. The van der Waals surface area contributed by atoms with Gasteiger partial charge in [-0.3, -0.25) is 0 Å². The van der Waals surface area contributed by atoms with E-state index in [0.29, 0.717) is 6.61 Å². The lowest BCUT2D eigenvalue weighted by molar-refractivity contribution is 0.186. The van der Waals surface area contributed by atoms with Crippen molar-refractivity contribution in [2.24, 2.45) is 5.73 Å². The third kappa shape index (κ3) is 2.47. The number of rotatable bonds is 4. The molecule has 0 aliphatic carbocycles. The first-order chi connectivity index (χ1) is 6.69. The van der Waals surface area contributed by atoms with Crippen molar-refractivity contribution >= 4 is 0 Å². The average molecular weight is 195 g/mol. The molecule has 3 nitrogen and oxygen atoms in total. The number of hydrogen-bond donors (Lipinski definition) is 2. The average Bonchev–Trinajstić information content (AvgIpc) is 2.17. The summed E-state index contributed by atoms with van der Waals surface area (Å²) in [6.07, 6.45) is -0.578. The Morgan fingerprint density at radius 2 is 2.21 bits per heavy atom. The minimum absolute atomic E-state index is 0.245. The zero-order valence-corrected chi connectivity index (χ0v) is 8.66. The van der Waals surface area contributed by atoms with E-state index >= 15 is 0 Å². The molecule has 0 heterocycles. The number of ether oxygens (including phenoxy) is 1. The molecule has 1 aromatic carbocycles. The lowest BCUT2D eigenvalue weighted by Gasteiger charge is -2.12. The summed E-state index contributed by atoms with van der Waals surface area (Å²) in [5.74, 6) is 0.831. The summed E-state index contributed by atoms with van der Waals surface area (Å²) in [7, 11) is 0. The maximum absolute atomic E-state index is 9.57. The summed E-state index contributed by atoms with van der Waals surface area (Å²) in [4.78, 5) is 0. The summed E-state index contributed by atoms with van der Waals surface area (Å²) in [6.45, 7) is 4.78. The van der Waals surface area contributed by atoms with Crippen LogP contribution in [0.25, 0.3) is 0 Å². The van der Waals surface area contributed by atoms with E-state index in [1.54, 1.807) is 0 Å². The Labute approximate surface area is 84.5 Å². The van der Waals surface area contributed by atoms with E-state index in [4.69, 9.17) is 10.5 Å². The van der Waals surface area contributed by atoms with Crippen molar-refractivity contribution < 1.29 is 9.84 Å². The van der Waals surface area contributed by atoms with Gasteiger partial charge in [0.05, 0.1) is 12.7 Å². The predicted octanol–water partition coefficient (Wildman–Crippen LogP) is 1.39. The second-order valence-corrected chi connectivity index (χ2v) is 3.20. The highest BCUT2D eigenvalue weighted by Gasteiger charge is 2.08. The number of aryl methyl sites for hydroxylation is 1. The van der Waals surface area contributed by atoms with Gasteiger partial charge in [0, 0.05) is 6.54 Å². The molecule has 0 aliphatic rings. The van der Waals surface area contributed by atoms with Crippen molar-refractivity contribution in [2.45, 2.75) is 20.0 Å². The summed E-state index contributed by atoms with van der Waals surface area (Å²) in [6, 6.07) is 5.63. The fourth-order valence-electron chi connectivity index (χ4n) is 1.41. The van der Waals surface area contributed by atoms with Crippen LogP contribution >= 0.6 is 0 Å². The van der Waals surface area contributed by atoms with E-state index in [2.05, 4.69) is 0 Å². The van der Waals surface area contributed by atoms with Gasteiger partial charge in [0.2, 0.25) is 0 Å². The topological polar surface area (TPSA) is 55.5 Å². The maximum Gasteiger partial charge on any atom is 0.119 e. The molecule has 3 N–H and O–H groups in total. The molecular formula is C11H17NO2. The third-order valence-electron chi connectivity index (χ3n) is 2.13. The van der Waals surface area contributed by atoms with Crippen molar-refractivity contribution in [1.29, 1.82) is 0 Å². The first-order valence-electron chi connectivity index (χ1n) is 4.80. The van der Waals surface area contributed by atoms with Crippen LogP contribution in [0.2, 0.25) is 0 Å². The highest BCUT2D eigenvalue weighted by atomic mass is 16.5. The third-order valence-corrected chi connectivity index (χ3v) is 2.13. The van der Waals surface area contributed by atoms with E-state index < -0.39 is 6.10 Å². The summed E-state index contributed by atoms with van der Waals surface area (Å²) < 4.78 is 5.34. The Hall–Kier alpha value is -1.06. The van der Waals surface area contributed by atoms with E-state index in [9.17, 15) is 5.11 Å². The molecule has 3 heteroatoms. The van der Waals surface area contributed by atoms with Crippen LogP contribution in [-0.2, 0) is 0 Å². The SMILES string of the molecule is CCOc1ccc([C@@H](O)CN)c(C)c1. The Kier molecular flexibility index (Phi) is 3.92. The van der Waals surface area contributed by atoms with Gasteiger partial charge in [-0.2, -0.15) is 0 Å². The summed E-state index contributed by atoms with van der Waals surface area (Å²) >= 11 is 0. The van der Waals surface area contributed by atoms with Gasteiger partial charge in [-0.05, 0) is 37.1 Å². The van der Waals surface area contributed by atoms with Gasteiger partial charge in [0.25, 0.3) is 0 Å². The number of benzene rings is 1. The van der Waals surface area contributed by atoms with Crippen LogP contribution in [0.15, 0.2) is 18.2 Å². The van der Waals surface area contributed by atoms with E-state index in [-0.39, 0.29) is 6.54 Å². The van der Waals surface area contributed by atoms with Gasteiger partial charge < -0.3 is 15.6 Å². The molecule has 0 radical (unpaired) electrons. The van der Waals surface area contributed by atoms with E-state index in [0.717, 1.165) is 16.9 Å². The number of aliphatic hydroxyl groups excluding tert-OH is 1. The first kappa shape index (κ1) is 11.0. The molecule has 0 unspecified atom stereocenters. The Morgan fingerprint density at radius 1 is 1.50 bits per heavy atom. The molecule has 0 bridgehead atoms.